The lowest BCUT2D eigenvalue weighted by molar-refractivity contribution is -0.122. The minimum absolute atomic E-state index is 0.0684. The number of Topliss-reactive ketones (excluding diaryl/α,β-unsaturated/α-hetero) is 1. The average molecular weight is 170 g/mol. The molecule has 5 nitrogen and oxygen atoms in total. The Morgan fingerprint density at radius 1 is 1.67 bits per heavy atom. The highest BCUT2D eigenvalue weighted by molar-refractivity contribution is 5.81. The van der Waals surface area contributed by atoms with Gasteiger partial charge >= 0.3 is 0 Å². The summed E-state index contributed by atoms with van der Waals surface area (Å²) in [5.74, 6) is 0.811. The number of hydrogen-bond acceptors (Lipinski definition) is 5. The Balaban J connectivity index is 2.46. The molecular weight excluding hydrogens is 160 g/mol. The fourth-order valence-corrected chi connectivity index (χ4v) is 0.793. The smallest absolute Gasteiger partial charge is 0.234 e. The van der Waals surface area contributed by atoms with E-state index in [9.17, 15) is 4.79 Å². The van der Waals surface area contributed by atoms with E-state index in [1.807, 2.05) is 0 Å². The van der Waals surface area contributed by atoms with Crippen LogP contribution < -0.4 is 0 Å². The van der Waals surface area contributed by atoms with Gasteiger partial charge in [-0.1, -0.05) is 5.16 Å². The van der Waals surface area contributed by atoms with Crippen LogP contribution in [-0.4, -0.2) is 29.6 Å². The van der Waals surface area contributed by atoms with Crippen LogP contribution in [0.25, 0.3) is 0 Å². The number of nitrogens with zero attached hydrogens (tertiary/aromatic N) is 2. The molecule has 1 aromatic rings. The Labute approximate surface area is 69.7 Å². The van der Waals surface area contributed by atoms with Crippen molar-refractivity contribution in [2.75, 3.05) is 13.7 Å². The van der Waals surface area contributed by atoms with Gasteiger partial charge in [0.25, 0.3) is 0 Å². The van der Waals surface area contributed by atoms with Gasteiger partial charge in [0, 0.05) is 7.11 Å². The van der Waals surface area contributed by atoms with E-state index in [1.165, 1.54) is 7.11 Å². The molecule has 0 bridgehead atoms. The van der Waals surface area contributed by atoms with E-state index < -0.39 is 0 Å². The van der Waals surface area contributed by atoms with Crippen LogP contribution in [-0.2, 0) is 16.0 Å². The van der Waals surface area contributed by atoms with Crippen molar-refractivity contribution in [3.05, 3.63) is 11.7 Å². The number of hydrogen-bond donors (Lipinski definition) is 0. The van der Waals surface area contributed by atoms with E-state index in [0.29, 0.717) is 11.7 Å². The molecule has 1 aromatic heterocycles. The summed E-state index contributed by atoms with van der Waals surface area (Å²) in [4.78, 5) is 14.8. The molecule has 1 heterocycles. The Hall–Kier alpha value is -1.23. The molecule has 0 aliphatic carbocycles. The number of aromatic nitrogens is 2. The molecule has 0 saturated heterocycles. The Morgan fingerprint density at radius 3 is 2.92 bits per heavy atom. The predicted octanol–water partition coefficient (Wildman–Crippen LogP) is 0.136. The first-order valence-electron chi connectivity index (χ1n) is 3.52. The summed E-state index contributed by atoms with van der Waals surface area (Å²) in [5, 5.41) is 3.55. The van der Waals surface area contributed by atoms with Gasteiger partial charge < -0.3 is 9.26 Å². The fourth-order valence-electron chi connectivity index (χ4n) is 0.793. The lowest BCUT2D eigenvalue weighted by Crippen LogP contribution is -2.09. The molecule has 0 unspecified atom stereocenters. The molecule has 1 rings (SSSR count). The average Bonchev–Trinajstić information content (AvgIpc) is 2.36. The first-order valence-corrected chi connectivity index (χ1v) is 3.52. The summed E-state index contributed by atoms with van der Waals surface area (Å²) in [6, 6.07) is 0. The van der Waals surface area contributed by atoms with Crippen LogP contribution in [0.5, 0.6) is 0 Å². The highest BCUT2D eigenvalue weighted by Gasteiger charge is 2.08. The number of rotatable bonds is 4. The van der Waals surface area contributed by atoms with Crippen LogP contribution in [0.2, 0.25) is 0 Å². The minimum atomic E-state index is -0.0684. The van der Waals surface area contributed by atoms with Gasteiger partial charge in [0.15, 0.2) is 11.6 Å². The highest BCUT2D eigenvalue weighted by atomic mass is 16.5. The molecule has 0 amide bonds. The maximum atomic E-state index is 11.0. The van der Waals surface area contributed by atoms with Crippen molar-refractivity contribution >= 4 is 5.78 Å². The Morgan fingerprint density at radius 2 is 2.42 bits per heavy atom. The zero-order valence-corrected chi connectivity index (χ0v) is 7.03. The molecule has 0 atom stereocenters. The van der Waals surface area contributed by atoms with Crippen molar-refractivity contribution in [3.63, 3.8) is 0 Å². The van der Waals surface area contributed by atoms with E-state index in [4.69, 9.17) is 4.52 Å². The SMILES string of the molecule is COCC(=O)Cc1nc(C)no1. The van der Waals surface area contributed by atoms with Crippen molar-refractivity contribution in [3.8, 4) is 0 Å². The summed E-state index contributed by atoms with van der Waals surface area (Å²) < 4.78 is 9.39. The number of ether oxygens (including phenoxy) is 1. The summed E-state index contributed by atoms with van der Waals surface area (Å²) in [6.07, 6.45) is 0.147. The lowest BCUT2D eigenvalue weighted by Gasteiger charge is -1.92. The summed E-state index contributed by atoms with van der Waals surface area (Å²) >= 11 is 0. The lowest BCUT2D eigenvalue weighted by atomic mass is 10.3. The van der Waals surface area contributed by atoms with E-state index in [0.717, 1.165) is 0 Å². The van der Waals surface area contributed by atoms with Gasteiger partial charge in [-0.25, -0.2) is 0 Å². The van der Waals surface area contributed by atoms with Crippen LogP contribution in [0.3, 0.4) is 0 Å². The second kappa shape index (κ2) is 3.96. The van der Waals surface area contributed by atoms with E-state index in [-0.39, 0.29) is 18.8 Å². The van der Waals surface area contributed by atoms with Crippen LogP contribution in [0, 0.1) is 6.92 Å². The molecule has 12 heavy (non-hydrogen) atoms. The van der Waals surface area contributed by atoms with Gasteiger partial charge in [-0.3, -0.25) is 4.79 Å². The number of carbonyl (C=O) groups is 1. The number of aryl methyl sites for hydroxylation is 1. The number of carbonyl (C=O) groups excluding carboxylic acids is 1. The third-order valence-electron chi connectivity index (χ3n) is 1.22. The zero-order chi connectivity index (χ0) is 8.97. The van der Waals surface area contributed by atoms with Crippen molar-refractivity contribution in [1.29, 1.82) is 0 Å². The molecule has 0 radical (unpaired) electrons. The van der Waals surface area contributed by atoms with Crippen molar-refractivity contribution in [2.45, 2.75) is 13.3 Å². The molecule has 66 valence electrons. The topological polar surface area (TPSA) is 65.2 Å². The van der Waals surface area contributed by atoms with Gasteiger partial charge in [-0.15, -0.1) is 0 Å². The van der Waals surface area contributed by atoms with Crippen LogP contribution in [0.4, 0.5) is 0 Å². The second-order valence-corrected chi connectivity index (χ2v) is 2.38. The first kappa shape index (κ1) is 8.86. The van der Waals surface area contributed by atoms with Gasteiger partial charge in [0.05, 0.1) is 6.42 Å². The number of methoxy groups -OCH3 is 1. The van der Waals surface area contributed by atoms with Crippen LogP contribution in [0.1, 0.15) is 11.7 Å². The number of ketones is 1. The first-order chi connectivity index (χ1) is 5.72. The third-order valence-corrected chi connectivity index (χ3v) is 1.22. The molecule has 0 aliphatic rings. The molecular formula is C7H10N2O3. The maximum Gasteiger partial charge on any atom is 0.234 e. The normalized spacial score (nSPS) is 10.2. The van der Waals surface area contributed by atoms with Gasteiger partial charge in [-0.05, 0) is 6.92 Å². The Kier molecular flexibility index (Phi) is 2.93. The second-order valence-electron chi connectivity index (χ2n) is 2.38. The molecule has 0 spiro atoms. The van der Waals surface area contributed by atoms with Crippen molar-refractivity contribution in [2.24, 2.45) is 0 Å². The molecule has 5 heteroatoms. The van der Waals surface area contributed by atoms with Crippen LogP contribution >= 0.6 is 0 Å². The highest BCUT2D eigenvalue weighted by Crippen LogP contribution is 1.97. The van der Waals surface area contributed by atoms with E-state index >= 15 is 0 Å². The van der Waals surface area contributed by atoms with Gasteiger partial charge in [0.1, 0.15) is 6.61 Å². The summed E-state index contributed by atoms with van der Waals surface area (Å²) in [5.41, 5.74) is 0. The molecule has 0 aromatic carbocycles. The molecule has 0 saturated carbocycles. The fraction of sp³-hybridized carbons (Fsp3) is 0.571. The van der Waals surface area contributed by atoms with Gasteiger partial charge in [0.2, 0.25) is 5.89 Å². The zero-order valence-electron chi connectivity index (χ0n) is 7.03. The third kappa shape index (κ3) is 2.43. The summed E-state index contributed by atoms with van der Waals surface area (Å²) in [7, 11) is 1.47. The predicted molar refractivity (Wildman–Crippen MR) is 39.6 cm³/mol. The van der Waals surface area contributed by atoms with E-state index in [1.54, 1.807) is 6.92 Å². The van der Waals surface area contributed by atoms with Gasteiger partial charge in [-0.2, -0.15) is 4.98 Å². The quantitative estimate of drug-likeness (QED) is 0.642. The standard InChI is InChI=1S/C7H10N2O3/c1-5-8-7(12-9-5)3-6(10)4-11-2/h3-4H2,1-2H3. The van der Waals surface area contributed by atoms with Crippen molar-refractivity contribution in [1.82, 2.24) is 10.1 Å². The molecule has 0 fully saturated rings. The van der Waals surface area contributed by atoms with Crippen molar-refractivity contribution < 1.29 is 14.1 Å². The Bertz CT molecular complexity index is 269. The molecule has 0 N–H and O–H groups in total. The maximum absolute atomic E-state index is 11.0. The largest absolute Gasteiger partial charge is 0.377 e. The van der Waals surface area contributed by atoms with Crippen LogP contribution in [0.15, 0.2) is 4.52 Å². The van der Waals surface area contributed by atoms with E-state index in [2.05, 4.69) is 14.9 Å². The summed E-state index contributed by atoms with van der Waals surface area (Å²) in [6.45, 7) is 1.79. The monoisotopic (exact) mass is 170 g/mol. The minimum Gasteiger partial charge on any atom is -0.377 e. The molecule has 0 aliphatic heterocycles.